The summed E-state index contributed by atoms with van der Waals surface area (Å²) in [6.07, 6.45) is 2.49. The van der Waals surface area contributed by atoms with Crippen LogP contribution >= 0.6 is 0 Å². The molecule has 2 atom stereocenters. The molecule has 0 spiro atoms. The molecule has 0 aromatic heterocycles. The molecular formula is C15H34N2. The molecule has 0 bridgehead atoms. The van der Waals surface area contributed by atoms with E-state index in [2.05, 4.69) is 65.7 Å². The molecule has 2 nitrogen and oxygen atoms in total. The van der Waals surface area contributed by atoms with Crippen LogP contribution in [0.5, 0.6) is 0 Å². The largest absolute Gasteiger partial charge is 0.311 e. The highest BCUT2D eigenvalue weighted by atomic mass is 15.2. The van der Waals surface area contributed by atoms with Gasteiger partial charge in [0.15, 0.2) is 0 Å². The number of nitrogens with one attached hydrogen (secondary N) is 1. The minimum Gasteiger partial charge on any atom is -0.311 e. The standard InChI is InChI=1S/C15H34N2/c1-9-14(11-16-15(5,6)7)17(8)13(4)10-12(2)3/h12-14,16H,9-11H2,1-8H3. The van der Waals surface area contributed by atoms with E-state index in [-0.39, 0.29) is 5.54 Å². The van der Waals surface area contributed by atoms with Gasteiger partial charge in [0, 0.05) is 24.2 Å². The number of hydrogen-bond acceptors (Lipinski definition) is 2. The highest BCUT2D eigenvalue weighted by Crippen LogP contribution is 2.14. The van der Waals surface area contributed by atoms with E-state index in [1.54, 1.807) is 0 Å². The average Bonchev–Trinajstić information content (AvgIpc) is 2.15. The van der Waals surface area contributed by atoms with Crippen molar-refractivity contribution in [2.45, 2.75) is 78.9 Å². The maximum atomic E-state index is 3.62. The zero-order chi connectivity index (χ0) is 13.6. The molecule has 17 heavy (non-hydrogen) atoms. The first-order chi connectivity index (χ1) is 7.67. The zero-order valence-corrected chi connectivity index (χ0v) is 13.3. The predicted octanol–water partition coefficient (Wildman–Crippen LogP) is 3.52. The van der Waals surface area contributed by atoms with Gasteiger partial charge in [-0.3, -0.25) is 4.90 Å². The van der Waals surface area contributed by atoms with Crippen molar-refractivity contribution in [3.05, 3.63) is 0 Å². The Bertz CT molecular complexity index is 194. The Labute approximate surface area is 109 Å². The molecule has 104 valence electrons. The molecule has 0 aliphatic rings. The average molecular weight is 242 g/mol. The van der Waals surface area contributed by atoms with Gasteiger partial charge in [0.05, 0.1) is 0 Å². The van der Waals surface area contributed by atoms with Gasteiger partial charge in [0.25, 0.3) is 0 Å². The van der Waals surface area contributed by atoms with E-state index in [9.17, 15) is 0 Å². The summed E-state index contributed by atoms with van der Waals surface area (Å²) < 4.78 is 0. The van der Waals surface area contributed by atoms with Crippen molar-refractivity contribution in [2.24, 2.45) is 5.92 Å². The quantitative estimate of drug-likeness (QED) is 0.735. The fraction of sp³-hybridized carbons (Fsp3) is 1.00. The van der Waals surface area contributed by atoms with Gasteiger partial charge in [-0.15, -0.1) is 0 Å². The summed E-state index contributed by atoms with van der Waals surface area (Å²) in [6, 6.07) is 1.31. The van der Waals surface area contributed by atoms with Gasteiger partial charge in [-0.25, -0.2) is 0 Å². The highest BCUT2D eigenvalue weighted by molar-refractivity contribution is 4.79. The van der Waals surface area contributed by atoms with Crippen molar-refractivity contribution >= 4 is 0 Å². The first kappa shape index (κ1) is 16.9. The van der Waals surface area contributed by atoms with Gasteiger partial charge < -0.3 is 5.32 Å². The zero-order valence-electron chi connectivity index (χ0n) is 13.3. The van der Waals surface area contributed by atoms with E-state index in [1.165, 1.54) is 12.8 Å². The lowest BCUT2D eigenvalue weighted by molar-refractivity contribution is 0.150. The fourth-order valence-corrected chi connectivity index (χ4v) is 2.21. The molecular weight excluding hydrogens is 208 g/mol. The van der Waals surface area contributed by atoms with Crippen LogP contribution in [0, 0.1) is 5.92 Å². The summed E-state index contributed by atoms with van der Waals surface area (Å²) in [7, 11) is 2.27. The Morgan fingerprint density at radius 2 is 1.65 bits per heavy atom. The van der Waals surface area contributed by atoms with Gasteiger partial charge in [0.1, 0.15) is 0 Å². The lowest BCUT2D eigenvalue weighted by Gasteiger charge is -2.35. The van der Waals surface area contributed by atoms with E-state index >= 15 is 0 Å². The Morgan fingerprint density at radius 1 is 1.12 bits per heavy atom. The lowest BCUT2D eigenvalue weighted by Crippen LogP contribution is -2.48. The molecule has 0 aromatic rings. The maximum absolute atomic E-state index is 3.62. The van der Waals surface area contributed by atoms with E-state index in [4.69, 9.17) is 0 Å². The normalized spacial score (nSPS) is 16.6. The number of nitrogens with zero attached hydrogens (tertiary/aromatic N) is 1. The van der Waals surface area contributed by atoms with Crippen molar-refractivity contribution < 1.29 is 0 Å². The second-order valence-corrected chi connectivity index (χ2v) is 6.84. The Morgan fingerprint density at radius 3 is 2.00 bits per heavy atom. The Hall–Kier alpha value is -0.0800. The van der Waals surface area contributed by atoms with Gasteiger partial charge in [-0.05, 0) is 53.5 Å². The maximum Gasteiger partial charge on any atom is 0.0217 e. The second kappa shape index (κ2) is 7.38. The summed E-state index contributed by atoms with van der Waals surface area (Å²) in [4.78, 5) is 2.54. The highest BCUT2D eigenvalue weighted by Gasteiger charge is 2.20. The van der Waals surface area contributed by atoms with Crippen LogP contribution in [0.25, 0.3) is 0 Å². The summed E-state index contributed by atoms with van der Waals surface area (Å²) in [5.74, 6) is 0.778. The minimum absolute atomic E-state index is 0.218. The van der Waals surface area contributed by atoms with Crippen molar-refractivity contribution in [3.8, 4) is 0 Å². The molecule has 0 radical (unpaired) electrons. The molecule has 2 unspecified atom stereocenters. The molecule has 0 fully saturated rings. The third kappa shape index (κ3) is 7.77. The molecule has 0 aromatic carbocycles. The van der Waals surface area contributed by atoms with Crippen LogP contribution in [0.4, 0.5) is 0 Å². The van der Waals surface area contributed by atoms with Crippen LogP contribution in [-0.4, -0.2) is 36.1 Å². The SMILES string of the molecule is CCC(CNC(C)(C)C)N(C)C(C)CC(C)C. The Kier molecular flexibility index (Phi) is 7.34. The molecule has 0 rings (SSSR count). The molecule has 0 aliphatic heterocycles. The predicted molar refractivity (Wildman–Crippen MR) is 78.5 cm³/mol. The number of rotatable bonds is 7. The summed E-state index contributed by atoms with van der Waals surface area (Å²) in [5, 5.41) is 3.62. The molecule has 0 saturated carbocycles. The van der Waals surface area contributed by atoms with Gasteiger partial charge in [0.2, 0.25) is 0 Å². The van der Waals surface area contributed by atoms with Crippen LogP contribution in [0.3, 0.4) is 0 Å². The smallest absolute Gasteiger partial charge is 0.0217 e. The molecule has 0 saturated heterocycles. The molecule has 0 amide bonds. The van der Waals surface area contributed by atoms with Gasteiger partial charge in [-0.1, -0.05) is 20.8 Å². The van der Waals surface area contributed by atoms with Crippen LogP contribution < -0.4 is 5.32 Å². The first-order valence-electron chi connectivity index (χ1n) is 7.14. The number of likely N-dealkylation sites (N-methyl/N-ethyl adjacent to an activating group) is 1. The summed E-state index contributed by atoms with van der Waals surface area (Å²) in [5.41, 5.74) is 0.218. The van der Waals surface area contributed by atoms with Crippen LogP contribution in [0.2, 0.25) is 0 Å². The van der Waals surface area contributed by atoms with Gasteiger partial charge in [-0.2, -0.15) is 0 Å². The number of hydrogen-bond donors (Lipinski definition) is 1. The van der Waals surface area contributed by atoms with Gasteiger partial charge >= 0.3 is 0 Å². The fourth-order valence-electron chi connectivity index (χ4n) is 2.21. The summed E-state index contributed by atoms with van der Waals surface area (Å²) in [6.45, 7) is 17.0. The minimum atomic E-state index is 0.218. The van der Waals surface area contributed by atoms with E-state index in [0.29, 0.717) is 12.1 Å². The van der Waals surface area contributed by atoms with Crippen molar-refractivity contribution in [2.75, 3.05) is 13.6 Å². The molecule has 0 aliphatic carbocycles. The first-order valence-corrected chi connectivity index (χ1v) is 7.14. The van der Waals surface area contributed by atoms with Crippen LogP contribution in [-0.2, 0) is 0 Å². The van der Waals surface area contributed by atoms with Crippen LogP contribution in [0.1, 0.15) is 61.3 Å². The topological polar surface area (TPSA) is 15.3 Å². The molecule has 0 heterocycles. The van der Waals surface area contributed by atoms with Crippen molar-refractivity contribution in [1.82, 2.24) is 10.2 Å². The lowest BCUT2D eigenvalue weighted by atomic mass is 10.0. The monoisotopic (exact) mass is 242 g/mol. The third-order valence-corrected chi connectivity index (χ3v) is 3.42. The van der Waals surface area contributed by atoms with E-state index in [0.717, 1.165) is 12.5 Å². The second-order valence-electron chi connectivity index (χ2n) is 6.84. The summed E-state index contributed by atoms with van der Waals surface area (Å²) >= 11 is 0. The van der Waals surface area contributed by atoms with E-state index < -0.39 is 0 Å². The Balaban J connectivity index is 4.24. The van der Waals surface area contributed by atoms with E-state index in [1.807, 2.05) is 0 Å². The van der Waals surface area contributed by atoms with Crippen LogP contribution in [0.15, 0.2) is 0 Å². The molecule has 1 N–H and O–H groups in total. The van der Waals surface area contributed by atoms with Crippen molar-refractivity contribution in [1.29, 1.82) is 0 Å². The molecule has 2 heteroatoms. The van der Waals surface area contributed by atoms with Crippen molar-refractivity contribution in [3.63, 3.8) is 0 Å². The third-order valence-electron chi connectivity index (χ3n) is 3.42.